The van der Waals surface area contributed by atoms with Crippen LogP contribution in [0, 0.1) is 0 Å². The number of nitrogens with one attached hydrogen (secondary N) is 2. The molecule has 1 saturated heterocycles. The molecule has 1 heterocycles. The van der Waals surface area contributed by atoms with E-state index in [-0.39, 0.29) is 22.8 Å². The molecule has 0 radical (unpaired) electrons. The fourth-order valence-electron chi connectivity index (χ4n) is 1.96. The van der Waals surface area contributed by atoms with Gasteiger partial charge in [0.25, 0.3) is 5.91 Å². The first-order valence-corrected chi connectivity index (χ1v) is 5.90. The summed E-state index contributed by atoms with van der Waals surface area (Å²) in [5.41, 5.74) is 0.00547. The number of hydrogen-bond acceptors (Lipinski definition) is 3. The quantitative estimate of drug-likeness (QED) is 0.750. The average Bonchev–Trinajstić information content (AvgIpc) is 2.64. The summed E-state index contributed by atoms with van der Waals surface area (Å²) in [6.45, 7) is 3.62. The van der Waals surface area contributed by atoms with Gasteiger partial charge in [-0.25, -0.2) is 0 Å². The van der Waals surface area contributed by atoms with E-state index in [0.29, 0.717) is 5.02 Å². The Morgan fingerprint density at radius 2 is 2.35 bits per heavy atom. The molecule has 1 aliphatic heterocycles. The van der Waals surface area contributed by atoms with Crippen molar-refractivity contribution in [3.63, 3.8) is 0 Å². The van der Waals surface area contributed by atoms with Crippen molar-refractivity contribution in [1.82, 2.24) is 10.6 Å². The number of carbonyl (C=O) groups excluding carboxylic acids is 1. The van der Waals surface area contributed by atoms with Crippen molar-refractivity contribution in [1.29, 1.82) is 0 Å². The van der Waals surface area contributed by atoms with E-state index >= 15 is 0 Å². The molecular formula is C12H15ClN2O2. The van der Waals surface area contributed by atoms with Crippen molar-refractivity contribution in [3.05, 3.63) is 28.8 Å². The van der Waals surface area contributed by atoms with Crippen LogP contribution in [0.1, 0.15) is 23.7 Å². The van der Waals surface area contributed by atoms with Gasteiger partial charge in [0.05, 0.1) is 11.1 Å². The highest BCUT2D eigenvalue weighted by molar-refractivity contribution is 6.30. The second-order valence-corrected chi connectivity index (χ2v) is 5.04. The lowest BCUT2D eigenvalue weighted by Crippen LogP contribution is -2.47. The summed E-state index contributed by atoms with van der Waals surface area (Å²) in [7, 11) is 0. The van der Waals surface area contributed by atoms with Crippen LogP contribution >= 0.6 is 11.6 Å². The number of carbonyl (C=O) groups is 1. The lowest BCUT2D eigenvalue weighted by Gasteiger charge is -2.24. The molecule has 1 fully saturated rings. The zero-order valence-electron chi connectivity index (χ0n) is 9.59. The summed E-state index contributed by atoms with van der Waals surface area (Å²) < 4.78 is 0. The van der Waals surface area contributed by atoms with Gasteiger partial charge in [0.1, 0.15) is 5.75 Å². The summed E-state index contributed by atoms with van der Waals surface area (Å²) in [6, 6.07) is 4.48. The maximum absolute atomic E-state index is 12.0. The van der Waals surface area contributed by atoms with Crippen molar-refractivity contribution in [3.8, 4) is 5.75 Å². The molecule has 92 valence electrons. The van der Waals surface area contributed by atoms with Gasteiger partial charge < -0.3 is 15.7 Å². The van der Waals surface area contributed by atoms with E-state index in [4.69, 9.17) is 11.6 Å². The molecule has 1 unspecified atom stereocenters. The molecule has 0 spiro atoms. The predicted octanol–water partition coefficient (Wildman–Crippen LogP) is 1.53. The highest BCUT2D eigenvalue weighted by atomic mass is 35.5. The predicted molar refractivity (Wildman–Crippen MR) is 66.5 cm³/mol. The Morgan fingerprint density at radius 1 is 1.59 bits per heavy atom. The van der Waals surface area contributed by atoms with Crippen molar-refractivity contribution in [2.24, 2.45) is 0 Å². The van der Waals surface area contributed by atoms with E-state index in [2.05, 4.69) is 10.6 Å². The zero-order chi connectivity index (χ0) is 12.5. The largest absolute Gasteiger partial charge is 0.507 e. The van der Waals surface area contributed by atoms with Crippen LogP contribution in [0.2, 0.25) is 5.02 Å². The van der Waals surface area contributed by atoms with E-state index in [1.807, 2.05) is 6.92 Å². The number of halogens is 1. The van der Waals surface area contributed by atoms with Crippen molar-refractivity contribution in [2.75, 3.05) is 13.1 Å². The first kappa shape index (κ1) is 12.2. The molecule has 0 saturated carbocycles. The van der Waals surface area contributed by atoms with Crippen molar-refractivity contribution in [2.45, 2.75) is 18.9 Å². The number of benzene rings is 1. The first-order chi connectivity index (χ1) is 8.00. The molecule has 1 atom stereocenters. The smallest absolute Gasteiger partial charge is 0.255 e. The van der Waals surface area contributed by atoms with Gasteiger partial charge in [-0.1, -0.05) is 11.6 Å². The topological polar surface area (TPSA) is 61.4 Å². The summed E-state index contributed by atoms with van der Waals surface area (Å²) in [6.07, 6.45) is 0.882. The van der Waals surface area contributed by atoms with E-state index in [9.17, 15) is 9.90 Å². The van der Waals surface area contributed by atoms with Gasteiger partial charge in [-0.05, 0) is 38.1 Å². The second-order valence-electron chi connectivity index (χ2n) is 4.60. The molecule has 0 bridgehead atoms. The maximum atomic E-state index is 12.0. The minimum absolute atomic E-state index is 0.0930. The third kappa shape index (κ3) is 2.70. The SMILES string of the molecule is CC1(NC(=O)c2ccc(Cl)cc2O)CCNC1. The van der Waals surface area contributed by atoms with Gasteiger partial charge in [-0.15, -0.1) is 0 Å². The molecule has 0 aliphatic carbocycles. The van der Waals surface area contributed by atoms with Crippen LogP contribution in [0.25, 0.3) is 0 Å². The third-order valence-corrected chi connectivity index (χ3v) is 3.22. The Bertz CT molecular complexity index is 442. The molecular weight excluding hydrogens is 240 g/mol. The standard InChI is InChI=1S/C12H15ClN2O2/c1-12(4-5-14-7-12)15-11(17)9-3-2-8(13)6-10(9)16/h2-3,6,14,16H,4-5,7H2,1H3,(H,15,17). The molecule has 0 aromatic heterocycles. The van der Waals surface area contributed by atoms with Gasteiger partial charge in [0.2, 0.25) is 0 Å². The highest BCUT2D eigenvalue weighted by Crippen LogP contribution is 2.23. The fourth-order valence-corrected chi connectivity index (χ4v) is 2.13. The van der Waals surface area contributed by atoms with E-state index in [1.54, 1.807) is 6.07 Å². The van der Waals surface area contributed by atoms with Gasteiger partial charge in [0, 0.05) is 11.6 Å². The average molecular weight is 255 g/mol. The minimum Gasteiger partial charge on any atom is -0.507 e. The van der Waals surface area contributed by atoms with Crippen LogP contribution in [-0.2, 0) is 0 Å². The van der Waals surface area contributed by atoms with Crippen LogP contribution in [0.3, 0.4) is 0 Å². The van der Waals surface area contributed by atoms with Crippen molar-refractivity contribution < 1.29 is 9.90 Å². The number of phenols is 1. The minimum atomic E-state index is -0.273. The Labute approximate surface area is 105 Å². The van der Waals surface area contributed by atoms with Crippen LogP contribution in [0.4, 0.5) is 0 Å². The summed E-state index contributed by atoms with van der Waals surface area (Å²) in [5, 5.41) is 16.2. The number of amides is 1. The van der Waals surface area contributed by atoms with Crippen LogP contribution in [-0.4, -0.2) is 29.6 Å². The lowest BCUT2D eigenvalue weighted by atomic mass is 10.0. The number of aromatic hydroxyl groups is 1. The zero-order valence-corrected chi connectivity index (χ0v) is 10.3. The van der Waals surface area contributed by atoms with E-state index in [1.165, 1.54) is 12.1 Å². The lowest BCUT2D eigenvalue weighted by molar-refractivity contribution is 0.0910. The Hall–Kier alpha value is -1.26. The molecule has 3 N–H and O–H groups in total. The van der Waals surface area contributed by atoms with Gasteiger partial charge in [-0.3, -0.25) is 4.79 Å². The normalized spacial score (nSPS) is 23.6. The number of phenolic OH excluding ortho intramolecular Hbond substituents is 1. The fraction of sp³-hybridized carbons (Fsp3) is 0.417. The molecule has 1 aliphatic rings. The van der Waals surface area contributed by atoms with Gasteiger partial charge in [0.15, 0.2) is 0 Å². The Balaban J connectivity index is 2.14. The monoisotopic (exact) mass is 254 g/mol. The number of hydrogen-bond donors (Lipinski definition) is 3. The Kier molecular flexibility index (Phi) is 3.26. The first-order valence-electron chi connectivity index (χ1n) is 5.52. The molecule has 4 nitrogen and oxygen atoms in total. The molecule has 2 rings (SSSR count). The van der Waals surface area contributed by atoms with Crippen LogP contribution < -0.4 is 10.6 Å². The highest BCUT2D eigenvalue weighted by Gasteiger charge is 2.30. The summed E-state index contributed by atoms with van der Waals surface area (Å²) >= 11 is 5.72. The summed E-state index contributed by atoms with van der Waals surface area (Å²) in [4.78, 5) is 12.0. The third-order valence-electron chi connectivity index (χ3n) is 2.99. The molecule has 1 aromatic carbocycles. The van der Waals surface area contributed by atoms with Gasteiger partial charge in [-0.2, -0.15) is 0 Å². The molecule has 5 heteroatoms. The molecule has 1 aromatic rings. The van der Waals surface area contributed by atoms with E-state index < -0.39 is 0 Å². The molecule has 1 amide bonds. The summed E-state index contributed by atoms with van der Waals surface area (Å²) in [5.74, 6) is -0.366. The van der Waals surface area contributed by atoms with E-state index in [0.717, 1.165) is 19.5 Å². The second kappa shape index (κ2) is 4.55. The van der Waals surface area contributed by atoms with Crippen LogP contribution in [0.5, 0.6) is 5.75 Å². The maximum Gasteiger partial charge on any atom is 0.255 e. The number of rotatable bonds is 2. The Morgan fingerprint density at radius 3 is 2.94 bits per heavy atom. The molecule has 17 heavy (non-hydrogen) atoms. The van der Waals surface area contributed by atoms with Gasteiger partial charge >= 0.3 is 0 Å². The van der Waals surface area contributed by atoms with Crippen LogP contribution in [0.15, 0.2) is 18.2 Å². The van der Waals surface area contributed by atoms with Crippen molar-refractivity contribution >= 4 is 17.5 Å².